The Morgan fingerprint density at radius 3 is 2.88 bits per heavy atom. The molecule has 7 heteroatoms. The number of anilines is 1. The molecule has 2 aromatic carbocycles. The number of furan rings is 1. The number of benzene rings is 2. The summed E-state index contributed by atoms with van der Waals surface area (Å²) in [6.45, 7) is 2.51. The van der Waals surface area contributed by atoms with Crippen molar-refractivity contribution in [2.45, 2.75) is 19.5 Å². The number of hydrogen-bond donors (Lipinski definition) is 1. The summed E-state index contributed by atoms with van der Waals surface area (Å²) in [5.74, 6) is 0.384. The van der Waals surface area contributed by atoms with Crippen LogP contribution in [-0.2, 0) is 19.5 Å². The molecule has 6 nitrogen and oxygen atoms in total. The van der Waals surface area contributed by atoms with Crippen molar-refractivity contribution in [1.29, 1.82) is 5.26 Å². The molecule has 1 aliphatic heterocycles. The topological polar surface area (TPSA) is 78.5 Å². The Hall–Kier alpha value is -3.60. The van der Waals surface area contributed by atoms with Crippen molar-refractivity contribution in [3.63, 3.8) is 0 Å². The minimum Gasteiger partial charge on any atom is -0.493 e. The lowest BCUT2D eigenvalue weighted by Gasteiger charge is -2.26. The highest BCUT2D eigenvalue weighted by Gasteiger charge is 2.26. The van der Waals surface area contributed by atoms with Gasteiger partial charge in [-0.15, -0.1) is 11.3 Å². The summed E-state index contributed by atoms with van der Waals surface area (Å²) in [4.78, 5) is 16.4. The van der Waals surface area contributed by atoms with Crippen molar-refractivity contribution in [1.82, 2.24) is 4.90 Å². The summed E-state index contributed by atoms with van der Waals surface area (Å²) in [5.41, 5.74) is 3.40. The average molecular weight is 444 g/mol. The minimum atomic E-state index is -0.375. The molecule has 0 bridgehead atoms. The molecule has 0 saturated carbocycles. The zero-order chi connectivity index (χ0) is 22.1. The van der Waals surface area contributed by atoms with Gasteiger partial charge < -0.3 is 14.5 Å². The molecule has 0 spiro atoms. The summed E-state index contributed by atoms with van der Waals surface area (Å²) in [6, 6.07) is 19.8. The summed E-state index contributed by atoms with van der Waals surface area (Å²) in [5, 5.41) is 14.1. The van der Waals surface area contributed by atoms with E-state index in [9.17, 15) is 10.1 Å². The smallest absolute Gasteiger partial charge is 0.292 e. The van der Waals surface area contributed by atoms with Crippen LogP contribution in [-0.4, -0.2) is 24.5 Å². The number of amides is 1. The number of hydrogen-bond acceptors (Lipinski definition) is 6. The third kappa shape index (κ3) is 3.75. The Morgan fingerprint density at radius 2 is 2.09 bits per heavy atom. The molecule has 1 N–H and O–H groups in total. The van der Waals surface area contributed by atoms with Gasteiger partial charge in [-0.3, -0.25) is 9.69 Å². The van der Waals surface area contributed by atoms with E-state index < -0.39 is 0 Å². The highest BCUT2D eigenvalue weighted by atomic mass is 32.1. The number of fused-ring (bicyclic) bond motifs is 2. The molecule has 1 amide bonds. The summed E-state index contributed by atoms with van der Waals surface area (Å²) in [7, 11) is 1.56. The number of carbonyl (C=O) groups excluding carboxylic acids is 1. The number of thiophene rings is 1. The predicted octanol–water partition coefficient (Wildman–Crippen LogP) is 5.19. The summed E-state index contributed by atoms with van der Waals surface area (Å²) < 4.78 is 11.1. The van der Waals surface area contributed by atoms with Crippen LogP contribution in [0.3, 0.4) is 0 Å². The lowest BCUT2D eigenvalue weighted by molar-refractivity contribution is 0.0999. The van der Waals surface area contributed by atoms with Gasteiger partial charge in [0.05, 0.1) is 12.7 Å². The summed E-state index contributed by atoms with van der Waals surface area (Å²) in [6.07, 6.45) is 0.791. The largest absolute Gasteiger partial charge is 0.493 e. The van der Waals surface area contributed by atoms with Crippen LogP contribution in [0.15, 0.2) is 59.0 Å². The van der Waals surface area contributed by atoms with Crippen LogP contribution >= 0.6 is 11.3 Å². The first-order valence-corrected chi connectivity index (χ1v) is 11.2. The van der Waals surface area contributed by atoms with Gasteiger partial charge in [-0.1, -0.05) is 42.5 Å². The fourth-order valence-electron chi connectivity index (χ4n) is 4.11. The van der Waals surface area contributed by atoms with Gasteiger partial charge >= 0.3 is 0 Å². The van der Waals surface area contributed by atoms with Gasteiger partial charge in [-0.2, -0.15) is 5.26 Å². The van der Waals surface area contributed by atoms with Crippen molar-refractivity contribution in [3.05, 3.63) is 81.9 Å². The SMILES string of the molecule is COc1cccc2cc(C(=O)Nc3sc4c(c3C#N)CCN(Cc3ccccc3)C4)oc12. The number of nitriles is 1. The van der Waals surface area contributed by atoms with Crippen LogP contribution in [0.2, 0.25) is 0 Å². The Morgan fingerprint density at radius 1 is 1.25 bits per heavy atom. The molecule has 0 aliphatic carbocycles. The number of ether oxygens (including phenoxy) is 1. The fraction of sp³-hybridized carbons (Fsp3) is 0.200. The number of carbonyl (C=O) groups is 1. The van der Waals surface area contributed by atoms with Crippen LogP contribution in [0, 0.1) is 11.3 Å². The number of para-hydroxylation sites is 1. The predicted molar refractivity (Wildman–Crippen MR) is 124 cm³/mol. The Kier molecular flexibility index (Phi) is 5.39. The molecule has 0 radical (unpaired) electrons. The Balaban J connectivity index is 1.37. The molecule has 1 aliphatic rings. The second-order valence-corrected chi connectivity index (χ2v) is 8.81. The summed E-state index contributed by atoms with van der Waals surface area (Å²) >= 11 is 1.48. The number of nitrogens with zero attached hydrogens (tertiary/aromatic N) is 2. The van der Waals surface area contributed by atoms with E-state index in [1.54, 1.807) is 19.2 Å². The van der Waals surface area contributed by atoms with Crippen LogP contribution in [0.5, 0.6) is 5.75 Å². The molecule has 0 saturated heterocycles. The van der Waals surface area contributed by atoms with Crippen molar-refractivity contribution < 1.29 is 13.9 Å². The minimum absolute atomic E-state index is 0.186. The standard InChI is InChI=1S/C25H21N3O3S/c1-30-20-9-5-8-17-12-21(31-23(17)20)24(29)27-25-19(13-26)18-10-11-28(15-22(18)32-25)14-16-6-3-2-4-7-16/h2-9,12H,10-11,14-15H2,1H3,(H,27,29). The van der Waals surface area contributed by atoms with Crippen LogP contribution in [0.25, 0.3) is 11.0 Å². The maximum absolute atomic E-state index is 12.9. The molecule has 160 valence electrons. The van der Waals surface area contributed by atoms with E-state index in [1.165, 1.54) is 16.9 Å². The van der Waals surface area contributed by atoms with Gasteiger partial charge in [0, 0.05) is 29.9 Å². The van der Waals surface area contributed by atoms with Crippen LogP contribution < -0.4 is 10.1 Å². The Labute approximate surface area is 189 Å². The van der Waals surface area contributed by atoms with E-state index in [2.05, 4.69) is 28.4 Å². The third-order valence-electron chi connectivity index (χ3n) is 5.68. The van der Waals surface area contributed by atoms with Gasteiger partial charge in [0.1, 0.15) is 11.1 Å². The Bertz CT molecular complexity index is 1330. The average Bonchev–Trinajstić information content (AvgIpc) is 3.40. The number of nitrogens with one attached hydrogen (secondary N) is 1. The van der Waals surface area contributed by atoms with E-state index in [-0.39, 0.29) is 11.7 Å². The number of rotatable bonds is 5. The zero-order valence-electron chi connectivity index (χ0n) is 17.6. The number of methoxy groups -OCH3 is 1. The van der Waals surface area contributed by atoms with Crippen LogP contribution in [0.4, 0.5) is 5.00 Å². The molecule has 5 rings (SSSR count). The maximum Gasteiger partial charge on any atom is 0.292 e. The van der Waals surface area contributed by atoms with Gasteiger partial charge in [-0.25, -0.2) is 0 Å². The molecule has 4 aromatic rings. The lowest BCUT2D eigenvalue weighted by Crippen LogP contribution is -2.29. The molecule has 32 heavy (non-hydrogen) atoms. The van der Waals surface area contributed by atoms with Gasteiger partial charge in [-0.05, 0) is 29.7 Å². The quantitative estimate of drug-likeness (QED) is 0.460. The molecule has 3 heterocycles. The van der Waals surface area contributed by atoms with Crippen molar-refractivity contribution >= 4 is 33.2 Å². The van der Waals surface area contributed by atoms with Crippen molar-refractivity contribution in [3.8, 4) is 11.8 Å². The van der Waals surface area contributed by atoms with Crippen LogP contribution in [0.1, 0.15) is 32.1 Å². The molecule has 0 unspecified atom stereocenters. The van der Waals surface area contributed by atoms with Gasteiger partial charge in [0.2, 0.25) is 0 Å². The molecule has 0 fully saturated rings. The monoisotopic (exact) mass is 443 g/mol. The second kappa shape index (κ2) is 8.50. The lowest BCUT2D eigenvalue weighted by atomic mass is 10.0. The van der Waals surface area contributed by atoms with Crippen molar-refractivity contribution in [2.24, 2.45) is 0 Å². The highest BCUT2D eigenvalue weighted by molar-refractivity contribution is 7.16. The van der Waals surface area contributed by atoms with Crippen molar-refractivity contribution in [2.75, 3.05) is 19.0 Å². The molecular weight excluding hydrogens is 422 g/mol. The van der Waals surface area contributed by atoms with E-state index in [0.717, 1.165) is 41.9 Å². The van der Waals surface area contributed by atoms with Gasteiger partial charge in [0.15, 0.2) is 17.1 Å². The first kappa shape index (κ1) is 20.3. The third-order valence-corrected chi connectivity index (χ3v) is 6.81. The molecule has 0 atom stereocenters. The van der Waals surface area contributed by atoms with E-state index in [0.29, 0.717) is 21.9 Å². The van der Waals surface area contributed by atoms with E-state index in [1.807, 2.05) is 30.3 Å². The second-order valence-electron chi connectivity index (χ2n) is 7.71. The zero-order valence-corrected chi connectivity index (χ0v) is 18.4. The first-order chi connectivity index (χ1) is 15.7. The molecule has 2 aromatic heterocycles. The van der Waals surface area contributed by atoms with Gasteiger partial charge in [0.25, 0.3) is 5.91 Å². The first-order valence-electron chi connectivity index (χ1n) is 10.3. The normalized spacial score (nSPS) is 13.5. The van der Waals surface area contributed by atoms with E-state index in [4.69, 9.17) is 9.15 Å². The highest BCUT2D eigenvalue weighted by Crippen LogP contribution is 2.37. The molecular formula is C25H21N3O3S. The van der Waals surface area contributed by atoms with E-state index >= 15 is 0 Å². The fourth-order valence-corrected chi connectivity index (χ4v) is 5.35. The maximum atomic E-state index is 12.9.